The summed E-state index contributed by atoms with van der Waals surface area (Å²) < 4.78 is 2.16. The van der Waals surface area contributed by atoms with Gasteiger partial charge in [-0.25, -0.2) is 0 Å². The van der Waals surface area contributed by atoms with Crippen molar-refractivity contribution >= 4 is 45.9 Å². The van der Waals surface area contributed by atoms with Crippen molar-refractivity contribution in [1.82, 2.24) is 9.47 Å². The minimum atomic E-state index is -1.21. The van der Waals surface area contributed by atoms with Crippen LogP contribution in [0.2, 0.25) is 0 Å². The maximum Gasteiger partial charge on any atom is 0.323 e. The van der Waals surface area contributed by atoms with E-state index < -0.39 is 23.7 Å². The first-order valence-corrected chi connectivity index (χ1v) is 8.80. The van der Waals surface area contributed by atoms with Gasteiger partial charge in [0.05, 0.1) is 4.91 Å². The van der Waals surface area contributed by atoms with Gasteiger partial charge in [-0.1, -0.05) is 25.1 Å². The number of aliphatic carboxylic acids is 1. The largest absolute Gasteiger partial charge is 0.480 e. The summed E-state index contributed by atoms with van der Waals surface area (Å²) in [5.74, 6) is -1.77. The van der Waals surface area contributed by atoms with Gasteiger partial charge < -0.3 is 9.67 Å². The second-order valence-corrected chi connectivity index (χ2v) is 6.92. The lowest BCUT2D eigenvalue weighted by Gasteiger charge is -2.12. The molecule has 7 heteroatoms. The fraction of sp³-hybridized carbons (Fsp3) is 0.278. The number of benzene rings is 1. The van der Waals surface area contributed by atoms with Crippen LogP contribution in [0.3, 0.4) is 0 Å². The number of hydrogen-bond acceptors (Lipinski definition) is 4. The Morgan fingerprint density at radius 3 is 2.72 bits per heavy atom. The van der Waals surface area contributed by atoms with Gasteiger partial charge in [-0.05, 0) is 37.2 Å². The number of fused-ring (bicyclic) bond motifs is 1. The molecule has 1 N–H and O–H groups in total. The van der Waals surface area contributed by atoms with Crippen LogP contribution in [0.15, 0.2) is 35.4 Å². The zero-order chi connectivity index (χ0) is 18.1. The van der Waals surface area contributed by atoms with Gasteiger partial charge in [-0.3, -0.25) is 19.3 Å². The Hall–Kier alpha value is -2.54. The van der Waals surface area contributed by atoms with Crippen molar-refractivity contribution in [2.24, 2.45) is 0 Å². The van der Waals surface area contributed by atoms with Crippen LogP contribution >= 0.6 is 11.8 Å². The number of aromatic nitrogens is 1. The molecule has 1 atom stereocenters. The Bertz CT molecular complexity index is 900. The maximum absolute atomic E-state index is 12.3. The second-order valence-electron chi connectivity index (χ2n) is 5.93. The number of para-hydroxylation sites is 1. The van der Waals surface area contributed by atoms with Crippen molar-refractivity contribution in [3.63, 3.8) is 0 Å². The van der Waals surface area contributed by atoms with Crippen LogP contribution in [-0.2, 0) is 9.59 Å². The van der Waals surface area contributed by atoms with Crippen LogP contribution in [0, 0.1) is 0 Å². The fourth-order valence-corrected chi connectivity index (χ4v) is 3.65. The topological polar surface area (TPSA) is 79.6 Å². The molecule has 0 unspecified atom stereocenters. The van der Waals surface area contributed by atoms with Gasteiger partial charge in [-0.2, -0.15) is 0 Å². The maximum atomic E-state index is 12.3. The first-order chi connectivity index (χ1) is 11.9. The van der Waals surface area contributed by atoms with Gasteiger partial charge in [0.2, 0.25) is 0 Å². The van der Waals surface area contributed by atoms with Gasteiger partial charge in [0.1, 0.15) is 6.54 Å². The lowest BCUT2D eigenvalue weighted by atomic mass is 10.1. The standard InChI is InChI=1S/C18H18N2O4S/c1-3-11(2)19-9-12(13-6-4-5-7-14(13)19)8-15-17(23)20(10-16(21)22)18(24)25-15/h4-9,11H,3,10H2,1-2H3,(H,21,22)/b15-8+/t11-/m1/s1. The van der Waals surface area contributed by atoms with Crippen LogP contribution in [0.5, 0.6) is 0 Å². The highest BCUT2D eigenvalue weighted by molar-refractivity contribution is 8.18. The molecule has 0 radical (unpaired) electrons. The highest BCUT2D eigenvalue weighted by Gasteiger charge is 2.36. The second kappa shape index (κ2) is 6.76. The SMILES string of the molecule is CC[C@@H](C)n1cc(/C=C2/SC(=O)N(CC(=O)O)C2=O)c2ccccc21. The first kappa shape index (κ1) is 17.3. The highest BCUT2D eigenvalue weighted by Crippen LogP contribution is 2.34. The molecule has 1 aromatic heterocycles. The molecule has 1 saturated heterocycles. The third kappa shape index (κ3) is 3.19. The Morgan fingerprint density at radius 1 is 1.32 bits per heavy atom. The lowest BCUT2D eigenvalue weighted by Crippen LogP contribution is -2.33. The number of amides is 2. The predicted octanol–water partition coefficient (Wildman–Crippen LogP) is 3.73. The molecule has 1 fully saturated rings. The quantitative estimate of drug-likeness (QED) is 0.824. The molecule has 130 valence electrons. The predicted molar refractivity (Wildman–Crippen MR) is 97.3 cm³/mol. The van der Waals surface area contributed by atoms with Gasteiger partial charge in [0.25, 0.3) is 11.1 Å². The van der Waals surface area contributed by atoms with E-state index in [2.05, 4.69) is 18.4 Å². The number of rotatable bonds is 5. The normalized spacial score (nSPS) is 17.7. The summed E-state index contributed by atoms with van der Waals surface area (Å²) in [5, 5.41) is 9.28. The van der Waals surface area contributed by atoms with Crippen molar-refractivity contribution in [2.75, 3.05) is 6.54 Å². The minimum absolute atomic E-state index is 0.248. The Morgan fingerprint density at radius 2 is 2.04 bits per heavy atom. The van der Waals surface area contributed by atoms with E-state index in [4.69, 9.17) is 5.11 Å². The number of hydrogen-bond donors (Lipinski definition) is 1. The average Bonchev–Trinajstić information content (AvgIpc) is 3.07. The van der Waals surface area contributed by atoms with Gasteiger partial charge in [-0.15, -0.1) is 0 Å². The number of carboxylic acid groups (broad SMARTS) is 1. The number of thioether (sulfide) groups is 1. The monoisotopic (exact) mass is 358 g/mol. The van der Waals surface area contributed by atoms with Crippen LogP contribution in [0.4, 0.5) is 4.79 Å². The van der Waals surface area contributed by atoms with Gasteiger partial charge >= 0.3 is 5.97 Å². The summed E-state index contributed by atoms with van der Waals surface area (Å²) in [6, 6.07) is 8.19. The first-order valence-electron chi connectivity index (χ1n) is 7.99. The molecule has 3 rings (SSSR count). The molecule has 2 amide bonds. The van der Waals surface area contributed by atoms with E-state index in [9.17, 15) is 14.4 Å². The number of nitrogens with zero attached hydrogens (tertiary/aromatic N) is 2. The Balaban J connectivity index is 2.03. The van der Waals surface area contributed by atoms with E-state index >= 15 is 0 Å². The molecular formula is C18H18N2O4S. The van der Waals surface area contributed by atoms with Crippen molar-refractivity contribution in [2.45, 2.75) is 26.3 Å². The number of carbonyl (C=O) groups is 3. The van der Waals surface area contributed by atoms with Crippen molar-refractivity contribution in [3.8, 4) is 0 Å². The molecule has 25 heavy (non-hydrogen) atoms. The van der Waals surface area contributed by atoms with E-state index in [0.29, 0.717) is 6.04 Å². The number of imide groups is 1. The molecule has 2 heterocycles. The van der Waals surface area contributed by atoms with Crippen LogP contribution in [0.25, 0.3) is 17.0 Å². The smallest absolute Gasteiger partial charge is 0.323 e. The molecule has 0 aliphatic carbocycles. The van der Waals surface area contributed by atoms with E-state index in [1.807, 2.05) is 30.5 Å². The van der Waals surface area contributed by atoms with E-state index in [1.165, 1.54) is 0 Å². The summed E-state index contributed by atoms with van der Waals surface area (Å²) in [5.41, 5.74) is 1.91. The summed E-state index contributed by atoms with van der Waals surface area (Å²) in [6.07, 6.45) is 4.62. The molecule has 0 bridgehead atoms. The van der Waals surface area contributed by atoms with Crippen molar-refractivity contribution < 1.29 is 19.5 Å². The third-order valence-electron chi connectivity index (χ3n) is 4.29. The van der Waals surface area contributed by atoms with Gasteiger partial charge in [0.15, 0.2) is 0 Å². The van der Waals surface area contributed by atoms with E-state index in [0.717, 1.165) is 39.5 Å². The van der Waals surface area contributed by atoms with Crippen LogP contribution in [0.1, 0.15) is 31.9 Å². The van der Waals surface area contributed by atoms with Crippen molar-refractivity contribution in [1.29, 1.82) is 0 Å². The number of carbonyl (C=O) groups excluding carboxylic acids is 2. The Labute approximate surface area is 149 Å². The summed E-state index contributed by atoms with van der Waals surface area (Å²) in [6.45, 7) is 3.62. The summed E-state index contributed by atoms with van der Waals surface area (Å²) >= 11 is 0.777. The molecule has 6 nitrogen and oxygen atoms in total. The average molecular weight is 358 g/mol. The van der Waals surface area contributed by atoms with Crippen molar-refractivity contribution in [3.05, 3.63) is 40.9 Å². The van der Waals surface area contributed by atoms with E-state index in [-0.39, 0.29) is 4.91 Å². The molecule has 0 spiro atoms. The molecule has 1 aliphatic heterocycles. The molecular weight excluding hydrogens is 340 g/mol. The molecule has 2 aromatic rings. The van der Waals surface area contributed by atoms with E-state index in [1.54, 1.807) is 6.08 Å². The lowest BCUT2D eigenvalue weighted by molar-refractivity contribution is -0.140. The van der Waals surface area contributed by atoms with Gasteiger partial charge in [0, 0.05) is 28.7 Å². The molecule has 0 saturated carbocycles. The molecule has 1 aliphatic rings. The highest BCUT2D eigenvalue weighted by atomic mass is 32.2. The van der Waals surface area contributed by atoms with Crippen LogP contribution < -0.4 is 0 Å². The number of carboxylic acids is 1. The molecule has 1 aromatic carbocycles. The van der Waals surface area contributed by atoms with Crippen LogP contribution in [-0.4, -0.2) is 38.2 Å². The fourth-order valence-electron chi connectivity index (χ4n) is 2.82. The third-order valence-corrected chi connectivity index (χ3v) is 5.20. The summed E-state index contributed by atoms with van der Waals surface area (Å²) in [4.78, 5) is 36.1. The zero-order valence-corrected chi connectivity index (χ0v) is 14.7. The minimum Gasteiger partial charge on any atom is -0.480 e. The summed E-state index contributed by atoms with van der Waals surface area (Å²) in [7, 11) is 0. The Kier molecular flexibility index (Phi) is 4.67. The zero-order valence-electron chi connectivity index (χ0n) is 13.9.